The fourth-order valence-corrected chi connectivity index (χ4v) is 2.38. The fourth-order valence-electron chi connectivity index (χ4n) is 2.38. The summed E-state index contributed by atoms with van der Waals surface area (Å²) in [6, 6.07) is 5.38. The highest BCUT2D eigenvalue weighted by Gasteiger charge is 2.15. The average Bonchev–Trinajstić information content (AvgIpc) is 2.88. The maximum atomic E-state index is 12.5. The van der Waals surface area contributed by atoms with E-state index in [0.29, 0.717) is 5.69 Å². The molecule has 0 saturated heterocycles. The van der Waals surface area contributed by atoms with Gasteiger partial charge >= 0.3 is 5.69 Å². The van der Waals surface area contributed by atoms with E-state index in [4.69, 9.17) is 0 Å². The molecule has 2 aromatic rings. The van der Waals surface area contributed by atoms with Crippen LogP contribution in [-0.4, -0.2) is 14.8 Å². The molecule has 0 spiro atoms. The first kappa shape index (κ1) is 11.7. The van der Waals surface area contributed by atoms with E-state index in [1.807, 2.05) is 24.3 Å². The molecule has 1 aliphatic rings. The van der Waals surface area contributed by atoms with Gasteiger partial charge in [-0.3, -0.25) is 13.8 Å². The molecule has 4 nitrogen and oxygen atoms in total. The molecule has 96 valence electrons. The highest BCUT2D eigenvalue weighted by atomic mass is 16.2. The summed E-state index contributed by atoms with van der Waals surface area (Å²) < 4.78 is 3.04. The largest absolute Gasteiger partial charge is 0.337 e. The Bertz CT molecular complexity index is 775. The molecule has 19 heavy (non-hydrogen) atoms. The summed E-state index contributed by atoms with van der Waals surface area (Å²) in [7, 11) is 0. The SMILES string of the molecule is CC(=O)c1cc2cccn2c(=O)n1C1=CCCC=C1. The predicted molar refractivity (Wildman–Crippen MR) is 74.3 cm³/mol. The number of hydrogen-bond donors (Lipinski definition) is 0. The van der Waals surface area contributed by atoms with Gasteiger partial charge in [-0.2, -0.15) is 0 Å². The Kier molecular flexibility index (Phi) is 2.71. The van der Waals surface area contributed by atoms with E-state index in [1.165, 1.54) is 11.5 Å². The van der Waals surface area contributed by atoms with Gasteiger partial charge in [0, 0.05) is 18.8 Å². The summed E-state index contributed by atoms with van der Waals surface area (Å²) in [6.45, 7) is 1.48. The van der Waals surface area contributed by atoms with Crippen LogP contribution in [-0.2, 0) is 0 Å². The first-order valence-electron chi connectivity index (χ1n) is 6.29. The van der Waals surface area contributed by atoms with E-state index in [9.17, 15) is 9.59 Å². The van der Waals surface area contributed by atoms with Crippen LogP contribution in [0.15, 0.2) is 47.4 Å². The van der Waals surface area contributed by atoms with E-state index in [0.717, 1.165) is 24.1 Å². The standard InChI is InChI=1S/C15H14N2O2/c1-11(18)14-10-13-8-5-9-16(13)15(19)17(14)12-6-3-2-4-7-12/h3,5-10H,2,4H2,1H3. The molecular formula is C15H14N2O2. The van der Waals surface area contributed by atoms with E-state index < -0.39 is 0 Å². The maximum absolute atomic E-state index is 12.5. The minimum absolute atomic E-state index is 0.110. The van der Waals surface area contributed by atoms with Crippen molar-refractivity contribution in [2.24, 2.45) is 0 Å². The quantitative estimate of drug-likeness (QED) is 0.773. The topological polar surface area (TPSA) is 43.5 Å². The number of carbonyl (C=O) groups excluding carboxylic acids is 1. The number of Topliss-reactive ketones (excluding diaryl/α,β-unsaturated/α-hetero) is 1. The van der Waals surface area contributed by atoms with Crippen molar-refractivity contribution in [3.63, 3.8) is 0 Å². The monoisotopic (exact) mass is 254 g/mol. The van der Waals surface area contributed by atoms with Gasteiger partial charge in [0.25, 0.3) is 0 Å². The van der Waals surface area contributed by atoms with E-state index in [-0.39, 0.29) is 11.5 Å². The van der Waals surface area contributed by atoms with Crippen molar-refractivity contribution in [3.8, 4) is 0 Å². The molecule has 3 rings (SSSR count). The number of hydrogen-bond acceptors (Lipinski definition) is 2. The second-order valence-electron chi connectivity index (χ2n) is 4.62. The minimum atomic E-state index is -0.203. The van der Waals surface area contributed by atoms with Crippen LogP contribution >= 0.6 is 0 Å². The molecular weight excluding hydrogens is 240 g/mol. The summed E-state index contributed by atoms with van der Waals surface area (Å²) in [5.74, 6) is -0.110. The summed E-state index contributed by atoms with van der Waals surface area (Å²) in [5.41, 5.74) is 1.74. The lowest BCUT2D eigenvalue weighted by Gasteiger charge is -2.14. The molecule has 0 bridgehead atoms. The van der Waals surface area contributed by atoms with E-state index in [2.05, 4.69) is 0 Å². The van der Waals surface area contributed by atoms with Crippen molar-refractivity contribution in [3.05, 3.63) is 58.8 Å². The summed E-state index contributed by atoms with van der Waals surface area (Å²) >= 11 is 0. The number of ketones is 1. The van der Waals surface area contributed by atoms with Crippen LogP contribution in [0.2, 0.25) is 0 Å². The van der Waals surface area contributed by atoms with Gasteiger partial charge < -0.3 is 0 Å². The van der Waals surface area contributed by atoms with Crippen LogP contribution in [0.3, 0.4) is 0 Å². The number of rotatable bonds is 2. The second-order valence-corrected chi connectivity index (χ2v) is 4.62. The molecule has 0 aliphatic heterocycles. The highest BCUT2D eigenvalue weighted by Crippen LogP contribution is 2.17. The van der Waals surface area contributed by atoms with Crippen molar-refractivity contribution in [1.82, 2.24) is 8.97 Å². The predicted octanol–water partition coefficient (Wildman–Crippen LogP) is 2.49. The Balaban J connectivity index is 2.37. The number of aromatic nitrogens is 2. The third-order valence-corrected chi connectivity index (χ3v) is 3.30. The molecule has 0 radical (unpaired) electrons. The minimum Gasteiger partial charge on any atom is -0.293 e. The van der Waals surface area contributed by atoms with Crippen LogP contribution in [0.25, 0.3) is 11.2 Å². The van der Waals surface area contributed by atoms with Crippen LogP contribution in [0, 0.1) is 0 Å². The zero-order valence-corrected chi connectivity index (χ0v) is 10.7. The van der Waals surface area contributed by atoms with Crippen LogP contribution < -0.4 is 5.69 Å². The summed E-state index contributed by atoms with van der Waals surface area (Å²) in [5, 5.41) is 0. The molecule has 2 heterocycles. The molecule has 0 unspecified atom stereocenters. The smallest absolute Gasteiger partial charge is 0.293 e. The summed E-state index contributed by atoms with van der Waals surface area (Å²) in [6.07, 6.45) is 9.48. The van der Waals surface area contributed by atoms with Crippen LogP contribution in [0.1, 0.15) is 30.3 Å². The van der Waals surface area contributed by atoms with Crippen molar-refractivity contribution >= 4 is 17.0 Å². The number of allylic oxidation sites excluding steroid dienone is 4. The highest BCUT2D eigenvalue weighted by molar-refractivity contribution is 5.95. The number of carbonyl (C=O) groups is 1. The van der Waals surface area contributed by atoms with Crippen LogP contribution in [0.4, 0.5) is 0 Å². The maximum Gasteiger partial charge on any atom is 0.337 e. The molecule has 0 N–H and O–H groups in total. The lowest BCUT2D eigenvalue weighted by atomic mass is 10.1. The Morgan fingerprint density at radius 3 is 2.84 bits per heavy atom. The fraction of sp³-hybridized carbons (Fsp3) is 0.200. The van der Waals surface area contributed by atoms with Crippen molar-refractivity contribution < 1.29 is 4.79 Å². The van der Waals surface area contributed by atoms with Gasteiger partial charge in [0.15, 0.2) is 5.78 Å². The summed E-state index contributed by atoms with van der Waals surface area (Å²) in [4.78, 5) is 24.3. The first-order valence-corrected chi connectivity index (χ1v) is 6.29. The Labute approximate surface area is 110 Å². The third-order valence-electron chi connectivity index (χ3n) is 3.30. The molecule has 1 aliphatic carbocycles. The van der Waals surface area contributed by atoms with Crippen molar-refractivity contribution in [2.45, 2.75) is 19.8 Å². The van der Waals surface area contributed by atoms with Gasteiger partial charge in [-0.05, 0) is 37.1 Å². The Morgan fingerprint density at radius 1 is 1.32 bits per heavy atom. The van der Waals surface area contributed by atoms with Crippen molar-refractivity contribution in [1.29, 1.82) is 0 Å². The van der Waals surface area contributed by atoms with Gasteiger partial charge in [0.05, 0.1) is 11.2 Å². The number of nitrogens with zero attached hydrogens (tertiary/aromatic N) is 2. The Morgan fingerprint density at radius 2 is 2.16 bits per heavy atom. The number of fused-ring (bicyclic) bond motifs is 1. The molecule has 2 aromatic heterocycles. The molecule has 0 saturated carbocycles. The zero-order chi connectivity index (χ0) is 13.4. The Hall–Kier alpha value is -2.36. The lowest BCUT2D eigenvalue weighted by Crippen LogP contribution is -2.29. The van der Waals surface area contributed by atoms with Crippen molar-refractivity contribution in [2.75, 3.05) is 0 Å². The lowest BCUT2D eigenvalue weighted by molar-refractivity contribution is 0.101. The second kappa shape index (κ2) is 4.39. The van der Waals surface area contributed by atoms with Gasteiger partial charge in [0.2, 0.25) is 0 Å². The normalized spacial score (nSPS) is 14.7. The molecule has 0 atom stereocenters. The van der Waals surface area contributed by atoms with Gasteiger partial charge in [-0.25, -0.2) is 4.79 Å². The van der Waals surface area contributed by atoms with Gasteiger partial charge in [-0.15, -0.1) is 0 Å². The van der Waals surface area contributed by atoms with E-state index >= 15 is 0 Å². The van der Waals surface area contributed by atoms with Gasteiger partial charge in [0.1, 0.15) is 0 Å². The molecule has 4 heteroatoms. The average molecular weight is 254 g/mol. The molecule has 0 fully saturated rings. The molecule has 0 aromatic carbocycles. The zero-order valence-electron chi connectivity index (χ0n) is 10.7. The van der Waals surface area contributed by atoms with E-state index in [1.54, 1.807) is 22.7 Å². The van der Waals surface area contributed by atoms with Gasteiger partial charge in [-0.1, -0.05) is 12.2 Å². The van der Waals surface area contributed by atoms with Crippen LogP contribution in [0.5, 0.6) is 0 Å². The molecule has 0 amide bonds. The first-order chi connectivity index (χ1) is 9.18. The third kappa shape index (κ3) is 1.85.